The monoisotopic (exact) mass is 119 g/mol. The van der Waals surface area contributed by atoms with Crippen molar-refractivity contribution < 1.29 is 15.4 Å². The van der Waals surface area contributed by atoms with Crippen molar-refractivity contribution in [3.05, 3.63) is 0 Å². The highest BCUT2D eigenvalue weighted by atomic mass is 16.4. The third-order valence-electron chi connectivity index (χ3n) is 0.875. The third-order valence-corrected chi connectivity index (χ3v) is 0.875. The van der Waals surface area contributed by atoms with Crippen LogP contribution in [-0.4, -0.2) is 23.6 Å². The molecular weight excluding hydrogens is 106 g/mol. The van der Waals surface area contributed by atoms with Gasteiger partial charge in [0, 0.05) is 5.48 Å². The van der Waals surface area contributed by atoms with Crippen molar-refractivity contribution in [2.75, 3.05) is 6.52 Å². The first-order chi connectivity index (χ1) is 5.37. The second kappa shape index (κ2) is 2.13. The molecule has 0 spiro atoms. The molecule has 1 fully saturated rings. The van der Waals surface area contributed by atoms with Gasteiger partial charge in [0.15, 0.2) is 0 Å². The van der Waals surface area contributed by atoms with E-state index in [0.717, 1.165) is 0 Å². The maximum absolute atomic E-state index is 10.4. The Morgan fingerprint density at radius 3 is 3.00 bits per heavy atom. The highest BCUT2D eigenvalue weighted by Crippen LogP contribution is 2.03. The van der Waals surface area contributed by atoms with Crippen LogP contribution in [0.25, 0.3) is 0 Å². The van der Waals surface area contributed by atoms with E-state index in [0.29, 0.717) is 0 Å². The minimum atomic E-state index is -2.09. The predicted octanol–water partition coefficient (Wildman–Crippen LogP) is -0.177. The van der Waals surface area contributed by atoms with Crippen molar-refractivity contribution in [1.29, 1.82) is 0 Å². The maximum atomic E-state index is 10.4. The van der Waals surface area contributed by atoms with Gasteiger partial charge in [0.25, 0.3) is 0 Å². The molecule has 0 aliphatic carbocycles. The molecule has 1 heterocycles. The highest BCUT2D eigenvalue weighted by molar-refractivity contribution is 5.73. The summed E-state index contributed by atoms with van der Waals surface area (Å²) in [5.74, 6) is -1.28. The molecule has 8 heavy (non-hydrogen) atoms. The average molecular weight is 119 g/mol. The number of rotatable bonds is 1. The van der Waals surface area contributed by atoms with E-state index >= 15 is 0 Å². The number of carboxylic acid groups (broad SMARTS) is 1. The Labute approximate surface area is 53.3 Å². The Morgan fingerprint density at radius 2 is 2.75 bits per heavy atom. The normalized spacial score (nSPS) is 60.2. The van der Waals surface area contributed by atoms with E-state index in [1.54, 1.807) is 0 Å². The predicted molar refractivity (Wildman–Crippen MR) is 28.7 cm³/mol. The zero-order valence-corrected chi connectivity index (χ0v) is 4.09. The van der Waals surface area contributed by atoms with E-state index < -0.39 is 31.3 Å². The first kappa shape index (κ1) is 2.35. The fourth-order valence-corrected chi connectivity index (χ4v) is 0.473. The summed E-state index contributed by atoms with van der Waals surface area (Å²) in [7, 11) is 0. The van der Waals surface area contributed by atoms with Crippen LogP contribution in [0, 0.1) is 0 Å². The molecule has 0 aromatic carbocycles. The first-order valence-corrected chi connectivity index (χ1v) is 2.20. The molecule has 1 aliphatic heterocycles. The van der Waals surface area contributed by atoms with Crippen LogP contribution in [0.5, 0.6) is 0 Å². The molecule has 1 rings (SSSR count). The van der Waals surface area contributed by atoms with Crippen LogP contribution in [0.15, 0.2) is 0 Å². The summed E-state index contributed by atoms with van der Waals surface area (Å²) in [5, 5.41) is 10.7. The van der Waals surface area contributed by atoms with Gasteiger partial charge in [-0.3, -0.25) is 4.79 Å². The summed E-state index contributed by atoms with van der Waals surface area (Å²) < 4.78 is 28.7. The van der Waals surface area contributed by atoms with Crippen molar-refractivity contribution >= 4 is 5.97 Å². The van der Waals surface area contributed by atoms with Gasteiger partial charge in [-0.25, -0.2) is 0 Å². The van der Waals surface area contributed by atoms with E-state index in [1.165, 1.54) is 0 Å². The Balaban J connectivity index is 2.83. The fourth-order valence-electron chi connectivity index (χ4n) is 0.473. The van der Waals surface area contributed by atoms with Crippen LogP contribution in [0.1, 0.15) is 18.3 Å². The van der Waals surface area contributed by atoms with Crippen LogP contribution in [-0.2, 0) is 4.79 Å². The third kappa shape index (κ3) is 0.980. The summed E-state index contributed by atoms with van der Waals surface area (Å²) in [6, 6.07) is -1.28. The Hall–Kier alpha value is -0.570. The van der Waals surface area contributed by atoms with Gasteiger partial charge in [0.2, 0.25) is 0 Å². The van der Waals surface area contributed by atoms with E-state index in [2.05, 4.69) is 5.32 Å². The molecule has 2 unspecified atom stereocenters. The SMILES string of the molecule is [2H]C1N[C@H](C(=O)O)C([2H])C1([2H])[2H]. The lowest BCUT2D eigenvalue weighted by molar-refractivity contribution is -0.139. The molecule has 0 saturated carbocycles. The molecular formula is C5H9NO2. The molecule has 1 aliphatic rings. The van der Waals surface area contributed by atoms with Crippen molar-refractivity contribution in [2.24, 2.45) is 0 Å². The first-order valence-electron chi connectivity index (χ1n) is 4.36. The lowest BCUT2D eigenvalue weighted by atomic mass is 10.2. The molecule has 0 aromatic heterocycles. The quantitative estimate of drug-likeness (QED) is 0.503. The molecule has 46 valence electrons. The number of carboxylic acids is 1. The lowest BCUT2D eigenvalue weighted by Crippen LogP contribution is -2.29. The Kier molecular flexibility index (Phi) is 0.627. The largest absolute Gasteiger partial charge is 0.480 e. The van der Waals surface area contributed by atoms with Crippen molar-refractivity contribution in [2.45, 2.75) is 18.8 Å². The number of aliphatic carboxylic acids is 1. The van der Waals surface area contributed by atoms with Gasteiger partial charge in [-0.05, 0) is 19.3 Å². The van der Waals surface area contributed by atoms with Crippen molar-refractivity contribution in [3.63, 3.8) is 0 Å². The molecule has 0 amide bonds. The number of hydrogen-bond acceptors (Lipinski definition) is 2. The van der Waals surface area contributed by atoms with Gasteiger partial charge in [0.1, 0.15) is 6.04 Å². The molecule has 3 atom stereocenters. The summed E-state index contributed by atoms with van der Waals surface area (Å²) in [5.41, 5.74) is 0. The number of nitrogens with one attached hydrogen (secondary N) is 1. The minimum absolute atomic E-state index is 1.28. The number of hydrogen-bond donors (Lipinski definition) is 2. The van der Waals surface area contributed by atoms with Crippen LogP contribution < -0.4 is 5.32 Å². The van der Waals surface area contributed by atoms with E-state index in [-0.39, 0.29) is 0 Å². The van der Waals surface area contributed by atoms with E-state index in [9.17, 15) is 4.79 Å². The van der Waals surface area contributed by atoms with E-state index in [1.807, 2.05) is 0 Å². The van der Waals surface area contributed by atoms with Gasteiger partial charge in [-0.1, -0.05) is 0 Å². The molecule has 1 saturated heterocycles. The number of carbonyl (C=O) groups is 1. The molecule has 2 N–H and O–H groups in total. The van der Waals surface area contributed by atoms with Crippen LogP contribution in [0.4, 0.5) is 0 Å². The smallest absolute Gasteiger partial charge is 0.320 e. The van der Waals surface area contributed by atoms with Gasteiger partial charge in [-0.2, -0.15) is 0 Å². The van der Waals surface area contributed by atoms with Crippen LogP contribution in [0.2, 0.25) is 0 Å². The Morgan fingerprint density at radius 1 is 2.00 bits per heavy atom. The molecule has 0 aromatic rings. The summed E-state index contributed by atoms with van der Waals surface area (Å²) in [4.78, 5) is 10.4. The van der Waals surface area contributed by atoms with Gasteiger partial charge in [-0.15, -0.1) is 0 Å². The average Bonchev–Trinajstić information content (AvgIpc) is 2.13. The maximum Gasteiger partial charge on any atom is 0.320 e. The molecule has 0 bridgehead atoms. The fraction of sp³-hybridized carbons (Fsp3) is 0.800. The van der Waals surface area contributed by atoms with E-state index in [4.69, 9.17) is 10.6 Å². The summed E-state index contributed by atoms with van der Waals surface area (Å²) >= 11 is 0. The van der Waals surface area contributed by atoms with Crippen molar-refractivity contribution in [1.82, 2.24) is 5.32 Å². The standard InChI is InChI=1S/C5H9NO2/c7-5(8)4-2-1-3-6-4/h4,6H,1-3H2,(H,7,8)/t4-/m0/s1/i1D2,2D,3D/t2?,3?,4-. The molecule has 0 radical (unpaired) electrons. The lowest BCUT2D eigenvalue weighted by Gasteiger charge is -1.99. The van der Waals surface area contributed by atoms with Gasteiger partial charge in [0.05, 0.1) is 0 Å². The minimum Gasteiger partial charge on any atom is -0.480 e. The highest BCUT2D eigenvalue weighted by Gasteiger charge is 2.20. The van der Waals surface area contributed by atoms with Gasteiger partial charge < -0.3 is 10.4 Å². The van der Waals surface area contributed by atoms with Crippen LogP contribution >= 0.6 is 0 Å². The molecule has 3 nitrogen and oxygen atoms in total. The zero-order valence-electron chi connectivity index (χ0n) is 8.09. The summed E-state index contributed by atoms with van der Waals surface area (Å²) in [6.07, 6.45) is -3.51. The summed E-state index contributed by atoms with van der Waals surface area (Å²) in [6.45, 7) is -1.33. The zero-order chi connectivity index (χ0) is 9.52. The second-order valence-electron chi connectivity index (χ2n) is 1.46. The van der Waals surface area contributed by atoms with Crippen molar-refractivity contribution in [3.8, 4) is 0 Å². The van der Waals surface area contributed by atoms with Crippen LogP contribution in [0.3, 0.4) is 0 Å². The second-order valence-corrected chi connectivity index (χ2v) is 1.46. The Bertz CT molecular complexity index is 210. The topological polar surface area (TPSA) is 49.3 Å². The van der Waals surface area contributed by atoms with Gasteiger partial charge >= 0.3 is 5.97 Å². The molecule has 3 heteroatoms.